The number of pyridine rings is 1. The largest absolute Gasteiger partial charge is 0.457 e. The van der Waals surface area contributed by atoms with E-state index in [9.17, 15) is 0 Å². The molecule has 0 amide bonds. The van der Waals surface area contributed by atoms with Gasteiger partial charge >= 0.3 is 0 Å². The Bertz CT molecular complexity index is 915. The average molecular weight is 489 g/mol. The lowest BCUT2D eigenvalue weighted by Gasteiger charge is -2.14. The zero-order valence-electron chi connectivity index (χ0n) is 15.9. The Hall–Kier alpha value is -2.81. The van der Waals surface area contributed by atoms with Gasteiger partial charge in [-0.3, -0.25) is 0 Å². The van der Waals surface area contributed by atoms with Crippen LogP contribution in [-0.2, 0) is 6.54 Å². The molecule has 3 aromatic rings. The van der Waals surface area contributed by atoms with Crippen LogP contribution >= 0.6 is 24.0 Å². The number of nitrogens with one attached hydrogen (secondary N) is 1. The van der Waals surface area contributed by atoms with Crippen molar-refractivity contribution in [2.45, 2.75) is 6.54 Å². The number of benzene rings is 2. The number of guanidine groups is 1. The van der Waals surface area contributed by atoms with E-state index in [1.807, 2.05) is 85.7 Å². The molecular formula is C21H24IN5O. The fourth-order valence-corrected chi connectivity index (χ4v) is 2.58. The maximum absolute atomic E-state index is 6.05. The van der Waals surface area contributed by atoms with E-state index < -0.39 is 0 Å². The highest BCUT2D eigenvalue weighted by molar-refractivity contribution is 14.0. The molecule has 0 fully saturated rings. The number of aliphatic imine (C=N–C) groups is 1. The number of nitrogens with zero attached hydrogens (tertiary/aromatic N) is 3. The molecule has 3 rings (SSSR count). The van der Waals surface area contributed by atoms with Gasteiger partial charge in [0.05, 0.1) is 6.54 Å². The van der Waals surface area contributed by atoms with Gasteiger partial charge in [0, 0.05) is 37.6 Å². The number of para-hydroxylation sites is 1. The van der Waals surface area contributed by atoms with Crippen molar-refractivity contribution in [3.8, 4) is 11.5 Å². The van der Waals surface area contributed by atoms with Gasteiger partial charge in [-0.1, -0.05) is 30.3 Å². The summed E-state index contributed by atoms with van der Waals surface area (Å²) >= 11 is 0. The normalized spacial score (nSPS) is 10.7. The van der Waals surface area contributed by atoms with E-state index >= 15 is 0 Å². The van der Waals surface area contributed by atoms with E-state index in [-0.39, 0.29) is 24.0 Å². The van der Waals surface area contributed by atoms with E-state index in [2.05, 4.69) is 15.3 Å². The van der Waals surface area contributed by atoms with Gasteiger partial charge in [-0.25, -0.2) is 9.98 Å². The molecule has 6 nitrogen and oxygen atoms in total. The van der Waals surface area contributed by atoms with Gasteiger partial charge in [-0.15, -0.1) is 24.0 Å². The predicted octanol–water partition coefficient (Wildman–Crippen LogP) is 4.48. The molecular weight excluding hydrogens is 465 g/mol. The van der Waals surface area contributed by atoms with E-state index in [4.69, 9.17) is 10.5 Å². The monoisotopic (exact) mass is 489 g/mol. The molecule has 3 N–H and O–H groups in total. The summed E-state index contributed by atoms with van der Waals surface area (Å²) in [6.07, 6.45) is 1.77. The van der Waals surface area contributed by atoms with Crippen LogP contribution in [0.15, 0.2) is 77.9 Å². The van der Waals surface area contributed by atoms with Crippen LogP contribution in [-0.4, -0.2) is 25.0 Å². The molecule has 0 unspecified atom stereocenters. The molecule has 0 saturated heterocycles. The van der Waals surface area contributed by atoms with E-state index in [1.54, 1.807) is 6.20 Å². The third-order valence-corrected chi connectivity index (χ3v) is 3.80. The minimum absolute atomic E-state index is 0. The van der Waals surface area contributed by atoms with Crippen LogP contribution in [0.25, 0.3) is 0 Å². The minimum Gasteiger partial charge on any atom is -0.457 e. The number of nitrogens with two attached hydrogens (primary N) is 1. The van der Waals surface area contributed by atoms with Crippen LogP contribution in [0.4, 0.5) is 11.5 Å². The summed E-state index contributed by atoms with van der Waals surface area (Å²) in [4.78, 5) is 10.7. The molecule has 1 heterocycles. The van der Waals surface area contributed by atoms with Gasteiger partial charge in [0.15, 0.2) is 5.96 Å². The second kappa shape index (κ2) is 10.5. The molecule has 0 bridgehead atoms. The van der Waals surface area contributed by atoms with Gasteiger partial charge in [0.1, 0.15) is 17.3 Å². The topological polar surface area (TPSA) is 75.8 Å². The Morgan fingerprint density at radius 1 is 1.04 bits per heavy atom. The first-order chi connectivity index (χ1) is 13.1. The lowest BCUT2D eigenvalue weighted by molar-refractivity contribution is 0.483. The number of hydrogen-bond acceptors (Lipinski definition) is 4. The molecule has 0 aliphatic carbocycles. The van der Waals surface area contributed by atoms with Gasteiger partial charge in [-0.2, -0.15) is 0 Å². The molecule has 7 heteroatoms. The Labute approximate surface area is 182 Å². The van der Waals surface area contributed by atoms with Gasteiger partial charge in [0.25, 0.3) is 0 Å². The Morgan fingerprint density at radius 2 is 1.79 bits per heavy atom. The number of ether oxygens (including phenoxy) is 1. The van der Waals surface area contributed by atoms with Crippen LogP contribution in [0, 0.1) is 0 Å². The summed E-state index contributed by atoms with van der Waals surface area (Å²) in [7, 11) is 3.91. The van der Waals surface area contributed by atoms with Gasteiger partial charge in [-0.05, 0) is 30.3 Å². The first-order valence-corrected chi connectivity index (χ1v) is 8.63. The van der Waals surface area contributed by atoms with E-state index in [1.165, 1.54) is 0 Å². The van der Waals surface area contributed by atoms with Crippen molar-refractivity contribution < 1.29 is 4.74 Å². The van der Waals surface area contributed by atoms with Crippen LogP contribution in [0.1, 0.15) is 5.56 Å². The Kier molecular flexibility index (Phi) is 8.06. The maximum atomic E-state index is 6.05. The number of anilines is 2. The molecule has 0 atom stereocenters. The first kappa shape index (κ1) is 21.5. The third kappa shape index (κ3) is 6.12. The molecule has 2 aromatic carbocycles. The maximum Gasteiger partial charge on any atom is 0.193 e. The van der Waals surface area contributed by atoms with Crippen molar-refractivity contribution in [2.24, 2.45) is 10.7 Å². The quantitative estimate of drug-likeness (QED) is 0.303. The van der Waals surface area contributed by atoms with Crippen LogP contribution < -0.4 is 20.7 Å². The van der Waals surface area contributed by atoms with Gasteiger partial charge < -0.3 is 20.7 Å². The fraction of sp³-hybridized carbons (Fsp3) is 0.143. The average Bonchev–Trinajstić information content (AvgIpc) is 2.67. The summed E-state index contributed by atoms with van der Waals surface area (Å²) in [6.45, 7) is 0.445. The van der Waals surface area contributed by atoms with Crippen molar-refractivity contribution in [2.75, 3.05) is 24.3 Å². The highest BCUT2D eigenvalue weighted by Crippen LogP contribution is 2.23. The summed E-state index contributed by atoms with van der Waals surface area (Å²) in [5.74, 6) is 2.72. The number of hydrogen-bond donors (Lipinski definition) is 2. The standard InChI is InChI=1S/C21H23N5O.HI/c1-26(2)20-16(8-7-13-23-20)15-24-21(22)25-17-9-6-12-19(14-17)27-18-10-4-3-5-11-18;/h3-14H,15H2,1-2H3,(H3,22,24,25);1H. The van der Waals surface area contributed by atoms with Crippen molar-refractivity contribution in [1.82, 2.24) is 4.98 Å². The Balaban J connectivity index is 0.00000280. The second-order valence-corrected chi connectivity index (χ2v) is 6.15. The van der Waals surface area contributed by atoms with E-state index in [0.717, 1.165) is 28.6 Å². The zero-order chi connectivity index (χ0) is 19.1. The smallest absolute Gasteiger partial charge is 0.193 e. The Morgan fingerprint density at radius 3 is 2.54 bits per heavy atom. The highest BCUT2D eigenvalue weighted by Gasteiger charge is 2.05. The highest BCUT2D eigenvalue weighted by atomic mass is 127. The summed E-state index contributed by atoms with van der Waals surface area (Å²) in [5, 5.41) is 3.10. The van der Waals surface area contributed by atoms with Crippen molar-refractivity contribution in [3.63, 3.8) is 0 Å². The zero-order valence-corrected chi connectivity index (χ0v) is 18.2. The molecule has 0 aliphatic rings. The lowest BCUT2D eigenvalue weighted by atomic mass is 10.2. The predicted molar refractivity (Wildman–Crippen MR) is 126 cm³/mol. The molecule has 0 aliphatic heterocycles. The summed E-state index contributed by atoms with van der Waals surface area (Å²) < 4.78 is 5.84. The number of aromatic nitrogens is 1. The molecule has 0 spiro atoms. The first-order valence-electron chi connectivity index (χ1n) is 8.63. The minimum atomic E-state index is 0. The third-order valence-electron chi connectivity index (χ3n) is 3.80. The summed E-state index contributed by atoms with van der Waals surface area (Å²) in [5.41, 5.74) is 7.86. The molecule has 0 saturated carbocycles. The fourth-order valence-electron chi connectivity index (χ4n) is 2.58. The summed E-state index contributed by atoms with van der Waals surface area (Å²) in [6, 6.07) is 21.1. The molecule has 146 valence electrons. The van der Waals surface area contributed by atoms with Gasteiger partial charge in [0.2, 0.25) is 0 Å². The van der Waals surface area contributed by atoms with Crippen LogP contribution in [0.3, 0.4) is 0 Å². The number of halogens is 1. The number of rotatable bonds is 6. The molecule has 28 heavy (non-hydrogen) atoms. The molecule has 0 radical (unpaired) electrons. The van der Waals surface area contributed by atoms with Crippen LogP contribution in [0.5, 0.6) is 11.5 Å². The van der Waals surface area contributed by atoms with Crippen LogP contribution in [0.2, 0.25) is 0 Å². The lowest BCUT2D eigenvalue weighted by Crippen LogP contribution is -2.22. The molecule has 1 aromatic heterocycles. The second-order valence-electron chi connectivity index (χ2n) is 6.15. The van der Waals surface area contributed by atoms with Crippen molar-refractivity contribution >= 4 is 41.4 Å². The van der Waals surface area contributed by atoms with E-state index in [0.29, 0.717) is 12.5 Å². The van der Waals surface area contributed by atoms with Crippen molar-refractivity contribution in [1.29, 1.82) is 0 Å². The van der Waals surface area contributed by atoms with Crippen molar-refractivity contribution in [3.05, 3.63) is 78.5 Å². The SMILES string of the molecule is CN(C)c1ncccc1CN=C(N)Nc1cccc(Oc2ccccc2)c1.I.